The van der Waals surface area contributed by atoms with Crippen LogP contribution >= 0.6 is 11.8 Å². The number of benzene rings is 1. The molecule has 2 aliphatic rings. The molecule has 24 heavy (non-hydrogen) atoms. The number of thioether (sulfide) groups is 1. The zero-order chi connectivity index (χ0) is 16.6. The fourth-order valence-electron chi connectivity index (χ4n) is 3.16. The molecule has 0 amide bonds. The fourth-order valence-corrected chi connectivity index (χ4v) is 4.19. The minimum atomic E-state index is 0.555. The van der Waals surface area contributed by atoms with Crippen LogP contribution in [0.25, 0.3) is 0 Å². The van der Waals surface area contributed by atoms with Crippen LogP contribution in [0.15, 0.2) is 29.2 Å². The highest BCUT2D eigenvalue weighted by molar-refractivity contribution is 7.99. The van der Waals surface area contributed by atoms with E-state index in [0.717, 1.165) is 70.7 Å². The highest BCUT2D eigenvalue weighted by Crippen LogP contribution is 2.24. The van der Waals surface area contributed by atoms with Crippen LogP contribution in [0.4, 0.5) is 0 Å². The van der Waals surface area contributed by atoms with Crippen molar-refractivity contribution in [3.05, 3.63) is 24.3 Å². The van der Waals surface area contributed by atoms with Gasteiger partial charge in [-0.05, 0) is 24.3 Å². The van der Waals surface area contributed by atoms with Crippen molar-refractivity contribution in [2.75, 3.05) is 72.0 Å². The van der Waals surface area contributed by atoms with Crippen molar-refractivity contribution >= 4 is 11.8 Å². The number of hydrogen-bond acceptors (Lipinski definition) is 6. The van der Waals surface area contributed by atoms with Crippen molar-refractivity contribution in [3.63, 3.8) is 0 Å². The molecule has 0 aromatic heterocycles. The summed E-state index contributed by atoms with van der Waals surface area (Å²) in [5.41, 5.74) is 0. The Labute approximate surface area is 149 Å². The Morgan fingerprint density at radius 1 is 1.00 bits per heavy atom. The summed E-state index contributed by atoms with van der Waals surface area (Å²) < 4.78 is 16.3. The molecule has 0 radical (unpaired) electrons. The molecule has 134 valence electrons. The number of morpholine rings is 2. The van der Waals surface area contributed by atoms with E-state index in [0.29, 0.717) is 6.04 Å². The van der Waals surface area contributed by atoms with Gasteiger partial charge in [0.25, 0.3) is 0 Å². The molecule has 0 saturated carbocycles. The van der Waals surface area contributed by atoms with Gasteiger partial charge in [-0.2, -0.15) is 0 Å². The standard InChI is InChI=1S/C18H28N2O3S/c1-21-17-2-4-18(5-3-17)24-15-16(20-8-12-23-13-9-20)14-19-6-10-22-11-7-19/h2-5,16H,6-15H2,1H3. The summed E-state index contributed by atoms with van der Waals surface area (Å²) >= 11 is 1.93. The van der Waals surface area contributed by atoms with Gasteiger partial charge in [0.15, 0.2) is 0 Å². The highest BCUT2D eigenvalue weighted by atomic mass is 32.2. The number of hydrogen-bond donors (Lipinski definition) is 0. The van der Waals surface area contributed by atoms with E-state index < -0.39 is 0 Å². The lowest BCUT2D eigenvalue weighted by atomic mass is 10.2. The SMILES string of the molecule is COc1ccc(SCC(CN2CCOCC2)N2CCOCC2)cc1. The Balaban J connectivity index is 1.57. The first kappa shape index (κ1) is 18.0. The molecule has 1 aromatic rings. The predicted molar refractivity (Wildman–Crippen MR) is 97.2 cm³/mol. The maximum absolute atomic E-state index is 5.53. The van der Waals surface area contributed by atoms with Crippen LogP contribution in [-0.4, -0.2) is 87.9 Å². The van der Waals surface area contributed by atoms with Gasteiger partial charge >= 0.3 is 0 Å². The molecule has 2 fully saturated rings. The molecule has 0 aliphatic carbocycles. The average molecular weight is 353 g/mol. The second-order valence-corrected chi connectivity index (χ2v) is 7.30. The zero-order valence-corrected chi connectivity index (χ0v) is 15.3. The van der Waals surface area contributed by atoms with E-state index in [4.69, 9.17) is 14.2 Å². The summed E-state index contributed by atoms with van der Waals surface area (Å²) in [6.07, 6.45) is 0. The van der Waals surface area contributed by atoms with Gasteiger partial charge in [0, 0.05) is 49.4 Å². The molecule has 0 N–H and O–H groups in total. The van der Waals surface area contributed by atoms with E-state index in [2.05, 4.69) is 21.9 Å². The van der Waals surface area contributed by atoms with Gasteiger partial charge in [-0.25, -0.2) is 0 Å². The average Bonchev–Trinajstić information content (AvgIpc) is 2.67. The lowest BCUT2D eigenvalue weighted by Gasteiger charge is -2.38. The van der Waals surface area contributed by atoms with Crippen LogP contribution in [0.2, 0.25) is 0 Å². The van der Waals surface area contributed by atoms with Gasteiger partial charge < -0.3 is 14.2 Å². The number of methoxy groups -OCH3 is 1. The summed E-state index contributed by atoms with van der Waals surface area (Å²) in [5.74, 6) is 2.02. The molecule has 2 heterocycles. The van der Waals surface area contributed by atoms with Crippen LogP contribution in [-0.2, 0) is 9.47 Å². The van der Waals surface area contributed by atoms with Crippen LogP contribution in [0.3, 0.4) is 0 Å². The second kappa shape index (κ2) is 9.63. The van der Waals surface area contributed by atoms with Crippen molar-refractivity contribution in [3.8, 4) is 5.75 Å². The Morgan fingerprint density at radius 3 is 2.25 bits per heavy atom. The van der Waals surface area contributed by atoms with Gasteiger partial charge in [0.2, 0.25) is 0 Å². The predicted octanol–water partition coefficient (Wildman–Crippen LogP) is 1.82. The minimum Gasteiger partial charge on any atom is -0.497 e. The third-order valence-corrected chi connectivity index (χ3v) is 5.79. The number of rotatable bonds is 7. The molecule has 2 saturated heterocycles. The molecule has 0 spiro atoms. The summed E-state index contributed by atoms with van der Waals surface area (Å²) in [6, 6.07) is 8.92. The molecule has 3 rings (SSSR count). The van der Waals surface area contributed by atoms with Crippen LogP contribution in [0.1, 0.15) is 0 Å². The monoisotopic (exact) mass is 352 g/mol. The first-order valence-corrected chi connectivity index (χ1v) is 9.72. The largest absolute Gasteiger partial charge is 0.497 e. The molecule has 2 aliphatic heterocycles. The number of ether oxygens (including phenoxy) is 3. The molecular formula is C18H28N2O3S. The molecular weight excluding hydrogens is 324 g/mol. The third kappa shape index (κ3) is 5.36. The topological polar surface area (TPSA) is 34.2 Å². The Kier molecular flexibility index (Phi) is 7.23. The van der Waals surface area contributed by atoms with Crippen LogP contribution in [0, 0.1) is 0 Å². The zero-order valence-electron chi connectivity index (χ0n) is 14.5. The molecule has 1 atom stereocenters. The minimum absolute atomic E-state index is 0.555. The summed E-state index contributed by atoms with van der Waals surface area (Å²) in [4.78, 5) is 6.43. The molecule has 1 unspecified atom stereocenters. The summed E-state index contributed by atoms with van der Waals surface area (Å²) in [7, 11) is 1.71. The van der Waals surface area contributed by atoms with Gasteiger partial charge in [-0.1, -0.05) is 0 Å². The molecule has 0 bridgehead atoms. The van der Waals surface area contributed by atoms with E-state index in [1.807, 2.05) is 23.9 Å². The van der Waals surface area contributed by atoms with E-state index >= 15 is 0 Å². The van der Waals surface area contributed by atoms with Crippen LogP contribution < -0.4 is 4.74 Å². The molecule has 1 aromatic carbocycles. The van der Waals surface area contributed by atoms with E-state index in [1.165, 1.54) is 4.90 Å². The van der Waals surface area contributed by atoms with E-state index in [-0.39, 0.29) is 0 Å². The lowest BCUT2D eigenvalue weighted by Crippen LogP contribution is -2.51. The number of nitrogens with zero attached hydrogens (tertiary/aromatic N) is 2. The Morgan fingerprint density at radius 2 is 1.62 bits per heavy atom. The van der Waals surface area contributed by atoms with E-state index in [1.54, 1.807) is 7.11 Å². The Bertz CT molecular complexity index is 474. The van der Waals surface area contributed by atoms with Gasteiger partial charge in [0.1, 0.15) is 5.75 Å². The van der Waals surface area contributed by atoms with Crippen molar-refractivity contribution < 1.29 is 14.2 Å². The second-order valence-electron chi connectivity index (χ2n) is 6.20. The summed E-state index contributed by atoms with van der Waals surface area (Å²) in [5, 5.41) is 0. The van der Waals surface area contributed by atoms with Crippen molar-refractivity contribution in [2.45, 2.75) is 10.9 Å². The molecule has 6 heteroatoms. The summed E-state index contributed by atoms with van der Waals surface area (Å²) in [6.45, 7) is 8.73. The van der Waals surface area contributed by atoms with Gasteiger partial charge in [-0.15, -0.1) is 11.8 Å². The van der Waals surface area contributed by atoms with Crippen molar-refractivity contribution in [1.29, 1.82) is 0 Å². The van der Waals surface area contributed by atoms with Gasteiger partial charge in [-0.3, -0.25) is 9.80 Å². The van der Waals surface area contributed by atoms with E-state index in [9.17, 15) is 0 Å². The first-order chi connectivity index (χ1) is 11.8. The quantitative estimate of drug-likeness (QED) is 0.697. The highest BCUT2D eigenvalue weighted by Gasteiger charge is 2.24. The van der Waals surface area contributed by atoms with Crippen molar-refractivity contribution in [1.82, 2.24) is 9.80 Å². The smallest absolute Gasteiger partial charge is 0.118 e. The maximum Gasteiger partial charge on any atom is 0.118 e. The van der Waals surface area contributed by atoms with Crippen LogP contribution in [0.5, 0.6) is 5.75 Å². The first-order valence-electron chi connectivity index (χ1n) is 8.74. The van der Waals surface area contributed by atoms with Gasteiger partial charge in [0.05, 0.1) is 33.5 Å². The molecule has 5 nitrogen and oxygen atoms in total. The van der Waals surface area contributed by atoms with Crippen molar-refractivity contribution in [2.24, 2.45) is 0 Å². The lowest BCUT2D eigenvalue weighted by molar-refractivity contribution is -0.00428. The fraction of sp³-hybridized carbons (Fsp3) is 0.667. The Hall–Kier alpha value is -0.790. The normalized spacial score (nSPS) is 21.5. The maximum atomic E-state index is 5.53. The third-order valence-electron chi connectivity index (χ3n) is 4.64.